The number of aromatic nitrogens is 1. The van der Waals surface area contributed by atoms with Crippen LogP contribution in [-0.4, -0.2) is 51.0 Å². The Labute approximate surface area is 208 Å². The summed E-state index contributed by atoms with van der Waals surface area (Å²) in [6.45, 7) is 5.29. The Morgan fingerprint density at radius 1 is 0.971 bits per heavy atom. The molecule has 3 rings (SSSR count). The maximum Gasteiger partial charge on any atom is 0.514 e. The van der Waals surface area contributed by atoms with Gasteiger partial charge >= 0.3 is 6.16 Å². The number of ether oxygens (including phenoxy) is 5. The third kappa shape index (κ3) is 6.42. The largest absolute Gasteiger partial charge is 0.514 e. The predicted molar refractivity (Wildman–Crippen MR) is 135 cm³/mol. The molecule has 0 unspecified atom stereocenters. The number of benzene rings is 2. The van der Waals surface area contributed by atoms with Gasteiger partial charge in [-0.05, 0) is 56.7 Å². The zero-order chi connectivity index (χ0) is 25.6. The molecular formula is C25H29N3O6S. The molecule has 10 heteroatoms. The molecule has 0 aliphatic rings. The van der Waals surface area contributed by atoms with Crippen molar-refractivity contribution in [2.45, 2.75) is 26.4 Å². The van der Waals surface area contributed by atoms with Crippen LogP contribution in [0.2, 0.25) is 0 Å². The van der Waals surface area contributed by atoms with E-state index in [9.17, 15) is 4.79 Å². The standard InChI is InChI=1S/C25H29N3O6S/c1-25(2,3)34-24(29)33-20-11-8-16(12-22(20)32-7)14-27-28-19(15-35-23(28)26-4)18-10-9-17(30-5)13-21(18)31-6/h8-15H,1-7H3. The number of hydrogen-bond acceptors (Lipinski definition) is 9. The summed E-state index contributed by atoms with van der Waals surface area (Å²) in [6.07, 6.45) is 0.860. The maximum absolute atomic E-state index is 12.0. The molecule has 186 valence electrons. The van der Waals surface area contributed by atoms with Gasteiger partial charge in [0, 0.05) is 24.1 Å². The van der Waals surface area contributed by atoms with Crippen molar-refractivity contribution in [2.24, 2.45) is 10.1 Å². The Hall–Kier alpha value is -3.79. The van der Waals surface area contributed by atoms with Crippen LogP contribution in [0.1, 0.15) is 26.3 Å². The van der Waals surface area contributed by atoms with Gasteiger partial charge < -0.3 is 23.7 Å². The molecule has 0 atom stereocenters. The van der Waals surface area contributed by atoms with Gasteiger partial charge in [-0.25, -0.2) is 9.47 Å². The molecule has 0 saturated heterocycles. The topological polar surface area (TPSA) is 92.9 Å². The van der Waals surface area contributed by atoms with Crippen LogP contribution in [0.5, 0.6) is 23.0 Å². The third-order valence-corrected chi connectivity index (χ3v) is 5.56. The maximum atomic E-state index is 12.0. The Kier molecular flexibility index (Phi) is 8.18. The van der Waals surface area contributed by atoms with Crippen molar-refractivity contribution in [3.05, 3.63) is 52.1 Å². The second kappa shape index (κ2) is 11.1. The molecule has 0 radical (unpaired) electrons. The molecule has 1 aromatic heterocycles. The average Bonchev–Trinajstić information content (AvgIpc) is 3.24. The van der Waals surface area contributed by atoms with Gasteiger partial charge in [-0.1, -0.05) is 0 Å². The van der Waals surface area contributed by atoms with Gasteiger partial charge in [0.15, 0.2) is 11.5 Å². The first-order valence-corrected chi connectivity index (χ1v) is 11.6. The normalized spacial score (nSPS) is 12.0. The van der Waals surface area contributed by atoms with Crippen LogP contribution < -0.4 is 23.7 Å². The van der Waals surface area contributed by atoms with Crippen molar-refractivity contribution in [3.63, 3.8) is 0 Å². The fraction of sp³-hybridized carbons (Fsp3) is 0.320. The van der Waals surface area contributed by atoms with Crippen LogP contribution in [0.25, 0.3) is 11.3 Å². The summed E-state index contributed by atoms with van der Waals surface area (Å²) >= 11 is 1.46. The van der Waals surface area contributed by atoms with Crippen LogP contribution in [0.4, 0.5) is 4.79 Å². The lowest BCUT2D eigenvalue weighted by Gasteiger charge is -2.19. The molecule has 0 aliphatic carbocycles. The molecule has 2 aromatic carbocycles. The third-order valence-electron chi connectivity index (χ3n) is 4.65. The Morgan fingerprint density at radius 3 is 2.34 bits per heavy atom. The van der Waals surface area contributed by atoms with Gasteiger partial charge in [-0.3, -0.25) is 4.99 Å². The smallest absolute Gasteiger partial charge is 0.497 e. The minimum absolute atomic E-state index is 0.245. The summed E-state index contributed by atoms with van der Waals surface area (Å²) in [7, 11) is 6.42. The minimum Gasteiger partial charge on any atom is -0.497 e. The lowest BCUT2D eigenvalue weighted by molar-refractivity contribution is 0.0201. The van der Waals surface area contributed by atoms with Gasteiger partial charge in [-0.2, -0.15) is 5.10 Å². The molecular weight excluding hydrogens is 470 g/mol. The highest BCUT2D eigenvalue weighted by Crippen LogP contribution is 2.34. The fourth-order valence-electron chi connectivity index (χ4n) is 3.09. The zero-order valence-corrected chi connectivity index (χ0v) is 21.6. The molecule has 0 amide bonds. The van der Waals surface area contributed by atoms with E-state index >= 15 is 0 Å². The molecule has 0 aliphatic heterocycles. The minimum atomic E-state index is -0.807. The van der Waals surface area contributed by atoms with Crippen molar-refractivity contribution in [1.29, 1.82) is 0 Å². The van der Waals surface area contributed by atoms with Crippen LogP contribution in [-0.2, 0) is 4.74 Å². The van der Waals surface area contributed by atoms with E-state index in [2.05, 4.69) is 10.1 Å². The highest BCUT2D eigenvalue weighted by molar-refractivity contribution is 7.07. The molecule has 9 nitrogen and oxygen atoms in total. The summed E-state index contributed by atoms with van der Waals surface area (Å²) in [4.78, 5) is 17.1. The number of carbonyl (C=O) groups excluding carboxylic acids is 1. The van der Waals surface area contributed by atoms with Crippen molar-refractivity contribution in [2.75, 3.05) is 28.4 Å². The molecule has 0 fully saturated rings. The first kappa shape index (κ1) is 25.8. The lowest BCUT2D eigenvalue weighted by atomic mass is 10.1. The Bertz CT molecular complexity index is 1290. The number of nitrogens with zero attached hydrogens (tertiary/aromatic N) is 3. The molecule has 0 spiro atoms. The summed E-state index contributed by atoms with van der Waals surface area (Å²) in [5.74, 6) is 1.96. The lowest BCUT2D eigenvalue weighted by Crippen LogP contribution is -2.26. The molecule has 3 aromatic rings. The van der Waals surface area contributed by atoms with Crippen molar-refractivity contribution in [3.8, 4) is 34.3 Å². The molecule has 1 heterocycles. The summed E-state index contributed by atoms with van der Waals surface area (Å²) in [6, 6.07) is 10.7. The van der Waals surface area contributed by atoms with Gasteiger partial charge in [0.25, 0.3) is 0 Å². The van der Waals surface area contributed by atoms with Gasteiger partial charge in [-0.15, -0.1) is 11.3 Å². The fourth-order valence-corrected chi connectivity index (χ4v) is 3.89. The number of methoxy groups -OCH3 is 3. The second-order valence-corrected chi connectivity index (χ2v) is 9.06. The van der Waals surface area contributed by atoms with Crippen LogP contribution in [0.15, 0.2) is 51.9 Å². The summed E-state index contributed by atoms with van der Waals surface area (Å²) in [5.41, 5.74) is 1.71. The van der Waals surface area contributed by atoms with E-state index in [0.717, 1.165) is 16.8 Å². The molecule has 0 saturated carbocycles. The Balaban J connectivity index is 1.93. The zero-order valence-electron chi connectivity index (χ0n) is 20.8. The molecule has 0 bridgehead atoms. The van der Waals surface area contributed by atoms with E-state index in [-0.39, 0.29) is 5.75 Å². The number of rotatable bonds is 7. The molecule has 0 N–H and O–H groups in total. The number of thiazole rings is 1. The highest BCUT2D eigenvalue weighted by atomic mass is 32.1. The van der Waals surface area contributed by atoms with E-state index in [1.807, 2.05) is 23.6 Å². The SMILES string of the molecule is CN=c1scc(-c2ccc(OC)cc2OC)n1N=Cc1ccc(OC(=O)OC(C)(C)C)c(OC)c1. The number of carbonyl (C=O) groups is 1. The van der Waals surface area contributed by atoms with Crippen LogP contribution in [0, 0.1) is 0 Å². The van der Waals surface area contributed by atoms with Gasteiger partial charge in [0.2, 0.25) is 4.80 Å². The van der Waals surface area contributed by atoms with Gasteiger partial charge in [0.1, 0.15) is 17.1 Å². The van der Waals surface area contributed by atoms with Crippen molar-refractivity contribution >= 4 is 23.7 Å². The van der Waals surface area contributed by atoms with Gasteiger partial charge in [0.05, 0.1) is 33.2 Å². The van der Waals surface area contributed by atoms with E-state index in [1.165, 1.54) is 18.4 Å². The first-order chi connectivity index (χ1) is 16.7. The second-order valence-electron chi connectivity index (χ2n) is 8.23. The Morgan fingerprint density at radius 2 is 1.71 bits per heavy atom. The summed E-state index contributed by atoms with van der Waals surface area (Å²) < 4.78 is 28.5. The van der Waals surface area contributed by atoms with Crippen molar-refractivity contribution in [1.82, 2.24) is 4.68 Å². The average molecular weight is 500 g/mol. The predicted octanol–water partition coefficient (Wildman–Crippen LogP) is 4.97. The monoisotopic (exact) mass is 499 g/mol. The highest BCUT2D eigenvalue weighted by Gasteiger charge is 2.20. The summed E-state index contributed by atoms with van der Waals surface area (Å²) in [5, 5.41) is 6.61. The van der Waals surface area contributed by atoms with Crippen molar-refractivity contribution < 1.29 is 28.5 Å². The van der Waals surface area contributed by atoms with E-state index in [1.54, 1.807) is 71.1 Å². The number of hydrogen-bond donors (Lipinski definition) is 0. The molecule has 35 heavy (non-hydrogen) atoms. The first-order valence-electron chi connectivity index (χ1n) is 10.7. The van der Waals surface area contributed by atoms with E-state index in [0.29, 0.717) is 22.0 Å². The van der Waals surface area contributed by atoms with E-state index in [4.69, 9.17) is 23.7 Å². The van der Waals surface area contributed by atoms with E-state index < -0.39 is 11.8 Å². The quantitative estimate of drug-likeness (QED) is 0.259. The van der Waals surface area contributed by atoms with Crippen LogP contribution in [0.3, 0.4) is 0 Å². The van der Waals surface area contributed by atoms with Crippen LogP contribution >= 0.6 is 11.3 Å².